The summed E-state index contributed by atoms with van der Waals surface area (Å²) in [6.45, 7) is -1.04. The van der Waals surface area contributed by atoms with Gasteiger partial charge < -0.3 is 29.6 Å². The number of aliphatic hydroxyl groups excluding tert-OH is 2. The van der Waals surface area contributed by atoms with Gasteiger partial charge in [-0.25, -0.2) is 18.2 Å². The number of ether oxygens (including phenoxy) is 1. The molecule has 3 unspecified atom stereocenters. The number of hydrogen-bond donors (Lipinski definition) is 6. The minimum absolute atomic E-state index is 0.163. The lowest BCUT2D eigenvalue weighted by Gasteiger charge is -2.20. The molecule has 2 aromatic carbocycles. The lowest BCUT2D eigenvalue weighted by molar-refractivity contribution is -0.0542. The van der Waals surface area contributed by atoms with Crippen molar-refractivity contribution in [1.29, 1.82) is 0 Å². The summed E-state index contributed by atoms with van der Waals surface area (Å²) in [5.74, 6) is 5.40. The van der Waals surface area contributed by atoms with Gasteiger partial charge in [0, 0.05) is 12.6 Å². The molecule has 1 aliphatic heterocycles. The zero-order chi connectivity index (χ0) is 31.4. The summed E-state index contributed by atoms with van der Waals surface area (Å²) in [5.41, 5.74) is -1.14. The molecule has 1 aliphatic rings. The van der Waals surface area contributed by atoms with Gasteiger partial charge in [-0.1, -0.05) is 60.4 Å². The first-order chi connectivity index (χ1) is 20.2. The highest BCUT2D eigenvalue weighted by atomic mass is 31.3. The smallest absolute Gasteiger partial charge is 0.387 e. The zero-order valence-corrected chi connectivity index (χ0v) is 24.5. The van der Waals surface area contributed by atoms with Gasteiger partial charge in [0.15, 0.2) is 6.23 Å². The first kappa shape index (κ1) is 32.9. The number of aliphatic hydroxyl groups is 2. The number of rotatable bonds is 10. The second-order valence-electron chi connectivity index (χ2n) is 8.97. The van der Waals surface area contributed by atoms with Crippen LogP contribution in [-0.4, -0.2) is 59.4 Å². The normalized spacial score (nSPS) is 24.2. The van der Waals surface area contributed by atoms with Crippen molar-refractivity contribution in [1.82, 2.24) is 9.55 Å². The van der Waals surface area contributed by atoms with E-state index in [1.807, 2.05) is 35.3 Å². The third-order valence-electron chi connectivity index (χ3n) is 5.84. The van der Waals surface area contributed by atoms with Crippen LogP contribution in [0.2, 0.25) is 0 Å². The molecule has 0 spiro atoms. The first-order valence-corrected chi connectivity index (χ1v) is 16.8. The molecule has 4 rings (SSSR count). The predicted molar refractivity (Wildman–Crippen MR) is 148 cm³/mol. The molecule has 0 radical (unpaired) electrons. The van der Waals surface area contributed by atoms with Crippen molar-refractivity contribution in [2.24, 2.45) is 0 Å². The largest absolute Gasteiger partial charge is 0.488 e. The second-order valence-corrected chi connectivity index (χ2v) is 14.0. The average Bonchev–Trinajstić information content (AvgIpc) is 3.21. The SMILES string of the molecule is O=c1[nH]c(=O)n([C@@H]2O[C@H](COP(=O)(O)OP(=O)(O)OP(=O)(O)c3ccccc3)[C@@H](O)[C@H]2O)cc1C#CCc1ccccc1. The highest BCUT2D eigenvalue weighted by Crippen LogP contribution is 2.67. The molecular formula is C24H25N2O14P3. The maximum absolute atomic E-state index is 12.5. The van der Waals surface area contributed by atoms with Crippen molar-refractivity contribution >= 4 is 28.5 Å². The predicted octanol–water partition coefficient (Wildman–Crippen LogP) is 0.511. The number of aromatic nitrogens is 2. The van der Waals surface area contributed by atoms with Crippen LogP contribution in [0, 0.1) is 11.8 Å². The van der Waals surface area contributed by atoms with Gasteiger partial charge in [-0.2, -0.15) is 4.31 Å². The fourth-order valence-electron chi connectivity index (χ4n) is 3.84. The van der Waals surface area contributed by atoms with E-state index in [0.717, 1.165) is 28.5 Å². The van der Waals surface area contributed by atoms with E-state index in [2.05, 4.69) is 25.0 Å². The lowest BCUT2D eigenvalue weighted by Crippen LogP contribution is -2.38. The van der Waals surface area contributed by atoms with Gasteiger partial charge in [0.05, 0.1) is 11.9 Å². The standard InChI is InChI=1S/C24H25N2O14P3/c27-20-19(15-37-42(33,34)40-43(35,36)39-41(31,32)18-12-5-2-6-13-18)38-23(21(20)28)26-14-17(22(29)25-24(26)30)11-7-10-16-8-3-1-4-9-16/h1-6,8-9,12-14,19-21,23,27-28H,10,15H2,(H,31,32)(H,33,34)(H,35,36)(H,25,29,30)/t19-,20-,21-,23-/m1/s1. The summed E-state index contributed by atoms with van der Waals surface area (Å²) in [6.07, 6.45) is -5.59. The molecular weight excluding hydrogens is 633 g/mol. The van der Waals surface area contributed by atoms with Crippen LogP contribution in [0.3, 0.4) is 0 Å². The second kappa shape index (κ2) is 13.3. The molecule has 7 atom stereocenters. The average molecular weight is 658 g/mol. The summed E-state index contributed by atoms with van der Waals surface area (Å²) in [6, 6.07) is 15.5. The molecule has 0 aliphatic carbocycles. The number of aromatic amines is 1. The number of phosphoric ester groups is 1. The lowest BCUT2D eigenvalue weighted by atomic mass is 10.1. The van der Waals surface area contributed by atoms with Crippen molar-refractivity contribution in [2.45, 2.75) is 31.0 Å². The summed E-state index contributed by atoms with van der Waals surface area (Å²) >= 11 is 0. The quantitative estimate of drug-likeness (QED) is 0.128. The molecule has 3 aromatic rings. The Hall–Kier alpha value is -2.99. The van der Waals surface area contributed by atoms with Crippen LogP contribution in [0.15, 0.2) is 76.4 Å². The monoisotopic (exact) mass is 658 g/mol. The van der Waals surface area contributed by atoms with Gasteiger partial charge >= 0.3 is 28.9 Å². The van der Waals surface area contributed by atoms with E-state index in [0.29, 0.717) is 0 Å². The van der Waals surface area contributed by atoms with Crippen molar-refractivity contribution in [3.63, 3.8) is 0 Å². The maximum Gasteiger partial charge on any atom is 0.488 e. The van der Waals surface area contributed by atoms with E-state index in [1.54, 1.807) is 0 Å². The van der Waals surface area contributed by atoms with Crippen LogP contribution in [0.4, 0.5) is 0 Å². The molecule has 1 aromatic heterocycles. The van der Waals surface area contributed by atoms with Gasteiger partial charge in [-0.3, -0.25) is 23.4 Å². The topological polar surface area (TPSA) is 244 Å². The van der Waals surface area contributed by atoms with E-state index >= 15 is 0 Å². The third kappa shape index (κ3) is 8.56. The molecule has 0 amide bonds. The van der Waals surface area contributed by atoms with Gasteiger partial charge in [-0.15, -0.1) is 0 Å². The third-order valence-corrected chi connectivity index (χ3v) is 10.6. The molecule has 0 bridgehead atoms. The summed E-state index contributed by atoms with van der Waals surface area (Å²) in [4.78, 5) is 56.4. The molecule has 19 heteroatoms. The van der Waals surface area contributed by atoms with E-state index in [-0.39, 0.29) is 12.0 Å². The molecule has 0 saturated carbocycles. The van der Waals surface area contributed by atoms with Gasteiger partial charge in [0.25, 0.3) is 5.56 Å². The maximum atomic E-state index is 12.5. The molecule has 1 fully saturated rings. The fraction of sp³-hybridized carbons (Fsp3) is 0.250. The Labute approximate surface area is 242 Å². The Balaban J connectivity index is 1.42. The van der Waals surface area contributed by atoms with Crippen molar-refractivity contribution < 1.29 is 56.5 Å². The Morgan fingerprint density at radius 2 is 1.51 bits per heavy atom. The van der Waals surface area contributed by atoms with Gasteiger partial charge in [0.1, 0.15) is 23.9 Å². The highest BCUT2D eigenvalue weighted by molar-refractivity contribution is 7.71. The van der Waals surface area contributed by atoms with E-state index in [1.165, 1.54) is 18.2 Å². The number of H-pyrrole nitrogens is 1. The van der Waals surface area contributed by atoms with Gasteiger partial charge in [0.2, 0.25) is 0 Å². The van der Waals surface area contributed by atoms with E-state index < -0.39 is 70.9 Å². The Bertz CT molecular complexity index is 1770. The molecule has 2 heterocycles. The van der Waals surface area contributed by atoms with Crippen molar-refractivity contribution in [3.05, 3.63) is 98.8 Å². The number of phosphoric acid groups is 2. The highest BCUT2D eigenvalue weighted by Gasteiger charge is 2.47. The number of benzene rings is 2. The summed E-state index contributed by atoms with van der Waals surface area (Å²) < 4.78 is 55.8. The van der Waals surface area contributed by atoms with Crippen molar-refractivity contribution in [2.75, 3.05) is 6.61 Å². The van der Waals surface area contributed by atoms with Crippen LogP contribution >= 0.6 is 23.2 Å². The molecule has 1 saturated heterocycles. The minimum Gasteiger partial charge on any atom is -0.387 e. The Morgan fingerprint density at radius 3 is 2.16 bits per heavy atom. The Kier molecular flexibility index (Phi) is 10.2. The van der Waals surface area contributed by atoms with Crippen LogP contribution < -0.4 is 16.6 Å². The fourth-order valence-corrected chi connectivity index (χ4v) is 7.84. The van der Waals surface area contributed by atoms with E-state index in [4.69, 9.17) is 4.74 Å². The molecule has 16 nitrogen and oxygen atoms in total. The van der Waals surface area contributed by atoms with Crippen molar-refractivity contribution in [3.8, 4) is 11.8 Å². The van der Waals surface area contributed by atoms with E-state index in [9.17, 15) is 48.2 Å². The van der Waals surface area contributed by atoms with Crippen LogP contribution in [-0.2, 0) is 38.0 Å². The number of nitrogens with zero attached hydrogens (tertiary/aromatic N) is 1. The van der Waals surface area contributed by atoms with Gasteiger partial charge in [-0.05, 0) is 17.7 Å². The molecule has 230 valence electrons. The molecule has 43 heavy (non-hydrogen) atoms. The summed E-state index contributed by atoms with van der Waals surface area (Å²) in [7, 11) is -16.2. The first-order valence-electron chi connectivity index (χ1n) is 12.2. The Morgan fingerprint density at radius 1 is 0.884 bits per heavy atom. The van der Waals surface area contributed by atoms with Crippen LogP contribution in [0.1, 0.15) is 17.4 Å². The number of hydrogen-bond acceptors (Lipinski definition) is 11. The minimum atomic E-state index is -5.69. The summed E-state index contributed by atoms with van der Waals surface area (Å²) in [5, 5.41) is 20.5. The molecule has 6 N–H and O–H groups in total. The van der Waals surface area contributed by atoms with Crippen LogP contribution in [0.5, 0.6) is 0 Å². The van der Waals surface area contributed by atoms with Crippen LogP contribution in [0.25, 0.3) is 0 Å². The number of nitrogens with one attached hydrogen (secondary N) is 1. The zero-order valence-electron chi connectivity index (χ0n) is 21.8.